The van der Waals surface area contributed by atoms with Crippen LogP contribution in [0.4, 0.5) is 5.69 Å². The standard InChI is InChI=1S/C18H15BrN2O/c19-14-6-2-4-8-16(14)21-17(22)18(9-10-18)13-11-20-15-7-3-1-5-12(13)15/h1-8,11,20H,9-10H2,(H,21,22). The van der Waals surface area contributed by atoms with Crippen molar-refractivity contribution in [3.8, 4) is 0 Å². The number of aromatic amines is 1. The number of para-hydroxylation sites is 2. The molecular weight excluding hydrogens is 340 g/mol. The smallest absolute Gasteiger partial charge is 0.235 e. The third-order valence-corrected chi connectivity index (χ3v) is 5.10. The van der Waals surface area contributed by atoms with Gasteiger partial charge in [-0.3, -0.25) is 4.79 Å². The minimum absolute atomic E-state index is 0.0733. The predicted molar refractivity (Wildman–Crippen MR) is 92.0 cm³/mol. The zero-order valence-electron chi connectivity index (χ0n) is 11.9. The number of hydrogen-bond acceptors (Lipinski definition) is 1. The van der Waals surface area contributed by atoms with Crippen LogP contribution in [0.25, 0.3) is 10.9 Å². The molecule has 3 nitrogen and oxygen atoms in total. The van der Waals surface area contributed by atoms with E-state index in [9.17, 15) is 4.79 Å². The van der Waals surface area contributed by atoms with Crippen molar-refractivity contribution in [3.63, 3.8) is 0 Å². The Hall–Kier alpha value is -2.07. The van der Waals surface area contributed by atoms with Crippen molar-refractivity contribution in [2.24, 2.45) is 0 Å². The van der Waals surface area contributed by atoms with Crippen molar-refractivity contribution in [3.05, 3.63) is 64.8 Å². The van der Waals surface area contributed by atoms with Crippen LogP contribution in [0.3, 0.4) is 0 Å². The molecule has 0 aliphatic heterocycles. The highest BCUT2D eigenvalue weighted by atomic mass is 79.9. The molecule has 110 valence electrons. The Labute approximate surface area is 136 Å². The Kier molecular flexibility index (Phi) is 3.08. The molecule has 1 fully saturated rings. The molecule has 0 unspecified atom stereocenters. The molecule has 22 heavy (non-hydrogen) atoms. The van der Waals surface area contributed by atoms with Crippen molar-refractivity contribution in [2.45, 2.75) is 18.3 Å². The van der Waals surface area contributed by atoms with Crippen LogP contribution in [-0.2, 0) is 10.2 Å². The highest BCUT2D eigenvalue weighted by molar-refractivity contribution is 9.10. The molecule has 0 atom stereocenters. The third-order valence-electron chi connectivity index (χ3n) is 4.41. The van der Waals surface area contributed by atoms with Crippen molar-refractivity contribution in [1.82, 2.24) is 4.98 Å². The van der Waals surface area contributed by atoms with E-state index in [1.54, 1.807) is 0 Å². The second kappa shape index (κ2) is 4.99. The van der Waals surface area contributed by atoms with Crippen LogP contribution in [-0.4, -0.2) is 10.9 Å². The molecule has 1 aliphatic carbocycles. The Morgan fingerprint density at radius 2 is 1.82 bits per heavy atom. The number of hydrogen-bond donors (Lipinski definition) is 2. The maximum absolute atomic E-state index is 12.8. The summed E-state index contributed by atoms with van der Waals surface area (Å²) in [7, 11) is 0. The Morgan fingerprint density at radius 3 is 2.59 bits per heavy atom. The summed E-state index contributed by atoms with van der Waals surface area (Å²) in [5.74, 6) is 0.0733. The molecule has 3 aromatic rings. The summed E-state index contributed by atoms with van der Waals surface area (Å²) in [5, 5.41) is 4.21. The molecule has 2 N–H and O–H groups in total. The predicted octanol–water partition coefficient (Wildman–Crippen LogP) is 4.60. The van der Waals surface area contributed by atoms with Gasteiger partial charge in [-0.1, -0.05) is 30.3 Å². The Bertz CT molecular complexity index is 864. The first kappa shape index (κ1) is 13.6. The van der Waals surface area contributed by atoms with Gasteiger partial charge < -0.3 is 10.3 Å². The van der Waals surface area contributed by atoms with E-state index in [2.05, 4.69) is 32.3 Å². The number of rotatable bonds is 3. The lowest BCUT2D eigenvalue weighted by Gasteiger charge is -2.15. The van der Waals surface area contributed by atoms with Crippen LogP contribution in [0, 0.1) is 0 Å². The van der Waals surface area contributed by atoms with Gasteiger partial charge in [0.05, 0.1) is 11.1 Å². The van der Waals surface area contributed by atoms with Gasteiger partial charge in [-0.2, -0.15) is 0 Å². The molecule has 0 spiro atoms. The monoisotopic (exact) mass is 354 g/mol. The largest absolute Gasteiger partial charge is 0.361 e. The van der Waals surface area contributed by atoms with Crippen LogP contribution in [0.1, 0.15) is 18.4 Å². The van der Waals surface area contributed by atoms with E-state index >= 15 is 0 Å². The van der Waals surface area contributed by atoms with E-state index in [0.29, 0.717) is 0 Å². The number of benzene rings is 2. The van der Waals surface area contributed by atoms with Gasteiger partial charge in [-0.15, -0.1) is 0 Å². The number of amides is 1. The first-order valence-corrected chi connectivity index (χ1v) is 8.13. The third kappa shape index (κ3) is 2.06. The zero-order chi connectivity index (χ0) is 15.2. The number of carbonyl (C=O) groups excluding carboxylic acids is 1. The van der Waals surface area contributed by atoms with Gasteiger partial charge >= 0.3 is 0 Å². The minimum atomic E-state index is -0.394. The van der Waals surface area contributed by atoms with Gasteiger partial charge in [0.15, 0.2) is 0 Å². The topological polar surface area (TPSA) is 44.9 Å². The maximum atomic E-state index is 12.8. The summed E-state index contributed by atoms with van der Waals surface area (Å²) in [6.07, 6.45) is 3.77. The number of H-pyrrole nitrogens is 1. The summed E-state index contributed by atoms with van der Waals surface area (Å²) in [6.45, 7) is 0. The average molecular weight is 355 g/mol. The summed E-state index contributed by atoms with van der Waals surface area (Å²) >= 11 is 3.48. The summed E-state index contributed by atoms with van der Waals surface area (Å²) in [5.41, 5.74) is 2.61. The zero-order valence-corrected chi connectivity index (χ0v) is 13.5. The molecule has 2 aromatic carbocycles. The molecule has 0 bridgehead atoms. The molecule has 1 aromatic heterocycles. The second-order valence-corrected chi connectivity index (χ2v) is 6.62. The van der Waals surface area contributed by atoms with Crippen molar-refractivity contribution >= 4 is 38.4 Å². The second-order valence-electron chi connectivity index (χ2n) is 5.76. The lowest BCUT2D eigenvalue weighted by atomic mass is 9.94. The number of carbonyl (C=O) groups is 1. The number of anilines is 1. The average Bonchev–Trinajstić information content (AvgIpc) is 3.23. The van der Waals surface area contributed by atoms with E-state index in [0.717, 1.165) is 39.5 Å². The Morgan fingerprint density at radius 1 is 1.09 bits per heavy atom. The van der Waals surface area contributed by atoms with Gasteiger partial charge in [0, 0.05) is 21.6 Å². The van der Waals surface area contributed by atoms with Crippen LogP contribution in [0.5, 0.6) is 0 Å². The van der Waals surface area contributed by atoms with E-state index < -0.39 is 5.41 Å². The molecular formula is C18H15BrN2O. The summed E-state index contributed by atoms with van der Waals surface area (Å²) < 4.78 is 0.901. The van der Waals surface area contributed by atoms with Crippen molar-refractivity contribution in [1.29, 1.82) is 0 Å². The van der Waals surface area contributed by atoms with Gasteiger partial charge in [0.2, 0.25) is 5.91 Å². The first-order valence-electron chi connectivity index (χ1n) is 7.33. The van der Waals surface area contributed by atoms with Crippen LogP contribution in [0.2, 0.25) is 0 Å². The fourth-order valence-electron chi connectivity index (χ4n) is 3.02. The molecule has 0 radical (unpaired) electrons. The molecule has 0 saturated heterocycles. The number of nitrogens with one attached hydrogen (secondary N) is 2. The van der Waals surface area contributed by atoms with E-state index in [-0.39, 0.29) is 5.91 Å². The van der Waals surface area contributed by atoms with Crippen LogP contribution >= 0.6 is 15.9 Å². The molecule has 1 saturated carbocycles. The fraction of sp³-hybridized carbons (Fsp3) is 0.167. The quantitative estimate of drug-likeness (QED) is 0.709. The summed E-state index contributed by atoms with van der Waals surface area (Å²) in [4.78, 5) is 16.1. The van der Waals surface area contributed by atoms with Gasteiger partial charge in [0.1, 0.15) is 0 Å². The number of fused-ring (bicyclic) bond motifs is 1. The van der Waals surface area contributed by atoms with E-state index in [1.807, 2.05) is 48.7 Å². The fourth-order valence-corrected chi connectivity index (χ4v) is 3.40. The molecule has 1 heterocycles. The SMILES string of the molecule is O=C(Nc1ccccc1Br)C1(c2c[nH]c3ccccc23)CC1. The lowest BCUT2D eigenvalue weighted by molar-refractivity contribution is -0.118. The van der Waals surface area contributed by atoms with Crippen LogP contribution in [0.15, 0.2) is 59.2 Å². The van der Waals surface area contributed by atoms with Crippen molar-refractivity contribution in [2.75, 3.05) is 5.32 Å². The number of halogens is 1. The van der Waals surface area contributed by atoms with E-state index in [1.165, 1.54) is 0 Å². The van der Waals surface area contributed by atoms with Gasteiger partial charge in [-0.25, -0.2) is 0 Å². The van der Waals surface area contributed by atoms with Crippen LogP contribution < -0.4 is 5.32 Å². The van der Waals surface area contributed by atoms with Crippen molar-refractivity contribution < 1.29 is 4.79 Å². The number of aromatic nitrogens is 1. The Balaban J connectivity index is 1.69. The molecule has 1 amide bonds. The molecule has 4 rings (SSSR count). The van der Waals surface area contributed by atoms with Gasteiger partial charge in [0.25, 0.3) is 0 Å². The van der Waals surface area contributed by atoms with E-state index in [4.69, 9.17) is 0 Å². The maximum Gasteiger partial charge on any atom is 0.235 e. The lowest BCUT2D eigenvalue weighted by Crippen LogP contribution is -2.27. The van der Waals surface area contributed by atoms with Gasteiger partial charge in [-0.05, 0) is 52.5 Å². The molecule has 1 aliphatic rings. The summed E-state index contributed by atoms with van der Waals surface area (Å²) in [6, 6.07) is 15.8. The normalized spacial score (nSPS) is 15.7. The minimum Gasteiger partial charge on any atom is -0.361 e. The highest BCUT2D eigenvalue weighted by Crippen LogP contribution is 2.51. The highest BCUT2D eigenvalue weighted by Gasteiger charge is 2.52. The first-order chi connectivity index (χ1) is 10.7. The molecule has 4 heteroatoms.